The second-order valence-electron chi connectivity index (χ2n) is 7.96. The molecule has 0 saturated carbocycles. The molecule has 2 aromatic carbocycles. The number of sulfonamides is 1. The Labute approximate surface area is 209 Å². The molecule has 1 aromatic heterocycles. The molecule has 0 fully saturated rings. The molecular formula is C25H29BrN2O5S. The van der Waals surface area contributed by atoms with Gasteiger partial charge in [-0.1, -0.05) is 24.3 Å². The van der Waals surface area contributed by atoms with Gasteiger partial charge in [0.05, 0.1) is 25.6 Å². The predicted molar refractivity (Wildman–Crippen MR) is 135 cm³/mol. The summed E-state index contributed by atoms with van der Waals surface area (Å²) < 4.78 is 40.1. The van der Waals surface area contributed by atoms with E-state index in [4.69, 9.17) is 9.47 Å². The summed E-state index contributed by atoms with van der Waals surface area (Å²) in [6.07, 6.45) is -1.29. The highest BCUT2D eigenvalue weighted by Gasteiger charge is 2.35. The summed E-state index contributed by atoms with van der Waals surface area (Å²) in [6, 6.07) is 17.9. The first-order chi connectivity index (χ1) is 16.1. The molecule has 0 aliphatic heterocycles. The summed E-state index contributed by atoms with van der Waals surface area (Å²) in [5.74, 6) is 1.38. The summed E-state index contributed by atoms with van der Waals surface area (Å²) in [6.45, 7) is 3.58. The quantitative estimate of drug-likeness (QED) is 0.397. The monoisotopic (exact) mass is 548 g/mol. The maximum absolute atomic E-state index is 13.7. The molecule has 0 spiro atoms. The highest BCUT2D eigenvalue weighted by molar-refractivity contribution is 9.10. The van der Waals surface area contributed by atoms with E-state index in [1.54, 1.807) is 57.5 Å². The second-order valence-corrected chi connectivity index (χ2v) is 11.1. The van der Waals surface area contributed by atoms with Crippen molar-refractivity contribution in [2.45, 2.75) is 38.3 Å². The number of methoxy groups -OCH3 is 2. The second kappa shape index (κ2) is 11.3. The molecule has 0 aliphatic rings. The molecule has 0 saturated heterocycles. The lowest BCUT2D eigenvalue weighted by atomic mass is 10.1. The van der Waals surface area contributed by atoms with Crippen molar-refractivity contribution in [3.63, 3.8) is 0 Å². The van der Waals surface area contributed by atoms with E-state index < -0.39 is 21.4 Å². The first-order valence-corrected chi connectivity index (χ1v) is 13.0. The third-order valence-electron chi connectivity index (χ3n) is 5.66. The number of pyridine rings is 1. The molecule has 2 atom stereocenters. The van der Waals surface area contributed by atoms with E-state index in [1.165, 1.54) is 11.2 Å². The summed E-state index contributed by atoms with van der Waals surface area (Å²) in [5, 5.41) is 9.83. The molecule has 0 aliphatic carbocycles. The zero-order valence-corrected chi connectivity index (χ0v) is 22.0. The number of ether oxygens (including phenoxy) is 2. The normalized spacial score (nSPS) is 13.5. The molecule has 182 valence electrons. The van der Waals surface area contributed by atoms with E-state index in [9.17, 15) is 13.5 Å². The van der Waals surface area contributed by atoms with Crippen molar-refractivity contribution in [2.24, 2.45) is 0 Å². The highest BCUT2D eigenvalue weighted by atomic mass is 79.9. The smallest absolute Gasteiger partial charge is 0.220 e. The molecule has 3 rings (SSSR count). The van der Waals surface area contributed by atoms with E-state index in [2.05, 4.69) is 20.9 Å². The molecule has 1 N–H and O–H groups in total. The van der Waals surface area contributed by atoms with Crippen LogP contribution >= 0.6 is 15.9 Å². The van der Waals surface area contributed by atoms with Gasteiger partial charge in [-0.25, -0.2) is 8.42 Å². The Morgan fingerprint density at radius 2 is 1.38 bits per heavy atom. The molecule has 0 unspecified atom stereocenters. The van der Waals surface area contributed by atoms with Gasteiger partial charge in [0.2, 0.25) is 10.0 Å². The van der Waals surface area contributed by atoms with Crippen LogP contribution in [0.2, 0.25) is 0 Å². The van der Waals surface area contributed by atoms with Gasteiger partial charge in [-0.05, 0) is 77.3 Å². The maximum atomic E-state index is 13.7. The van der Waals surface area contributed by atoms with Gasteiger partial charge >= 0.3 is 0 Å². The number of nitrogens with zero attached hydrogens (tertiary/aromatic N) is 2. The number of aryl methyl sites for hydroxylation is 1. The van der Waals surface area contributed by atoms with Crippen LogP contribution in [-0.2, 0) is 23.1 Å². The average Bonchev–Trinajstić information content (AvgIpc) is 2.85. The zero-order chi connectivity index (χ0) is 24.9. The highest BCUT2D eigenvalue weighted by Crippen LogP contribution is 2.28. The number of hydrogen-bond donors (Lipinski definition) is 1. The van der Waals surface area contributed by atoms with Crippen molar-refractivity contribution in [1.29, 1.82) is 0 Å². The molecule has 0 radical (unpaired) electrons. The van der Waals surface area contributed by atoms with Gasteiger partial charge in [0, 0.05) is 17.6 Å². The van der Waals surface area contributed by atoms with E-state index in [0.29, 0.717) is 22.9 Å². The zero-order valence-electron chi connectivity index (χ0n) is 19.6. The molecule has 9 heteroatoms. The number of aliphatic hydroxyl groups is 1. The number of benzene rings is 2. The summed E-state index contributed by atoms with van der Waals surface area (Å²) in [4.78, 5) is 4.37. The Balaban J connectivity index is 1.92. The molecule has 7 nitrogen and oxygen atoms in total. The van der Waals surface area contributed by atoms with Gasteiger partial charge in [-0.3, -0.25) is 4.98 Å². The van der Waals surface area contributed by atoms with Gasteiger partial charge in [-0.2, -0.15) is 4.31 Å². The van der Waals surface area contributed by atoms with Gasteiger partial charge in [-0.15, -0.1) is 0 Å². The summed E-state index contributed by atoms with van der Waals surface area (Å²) in [7, 11) is -0.771. The third-order valence-corrected chi connectivity index (χ3v) is 8.67. The van der Waals surface area contributed by atoms with E-state index in [1.807, 2.05) is 24.3 Å². The minimum atomic E-state index is -3.93. The lowest BCUT2D eigenvalue weighted by molar-refractivity contribution is 0.167. The van der Waals surface area contributed by atoms with Crippen LogP contribution in [0.25, 0.3) is 0 Å². The van der Waals surface area contributed by atoms with Gasteiger partial charge < -0.3 is 14.6 Å². The van der Waals surface area contributed by atoms with Crippen molar-refractivity contribution >= 4 is 26.0 Å². The van der Waals surface area contributed by atoms with E-state index in [0.717, 1.165) is 15.6 Å². The number of halogens is 1. The van der Waals surface area contributed by atoms with Crippen LogP contribution in [0.15, 0.2) is 65.1 Å². The van der Waals surface area contributed by atoms with Crippen LogP contribution in [-0.4, -0.2) is 42.3 Å². The average molecular weight is 549 g/mol. The van der Waals surface area contributed by atoms with Crippen LogP contribution in [0.1, 0.15) is 35.5 Å². The van der Waals surface area contributed by atoms with Crippen molar-refractivity contribution < 1.29 is 23.0 Å². The van der Waals surface area contributed by atoms with Crippen LogP contribution in [0.3, 0.4) is 0 Å². The van der Waals surface area contributed by atoms with Gasteiger partial charge in [0.25, 0.3) is 0 Å². The van der Waals surface area contributed by atoms with Crippen LogP contribution < -0.4 is 9.47 Å². The van der Waals surface area contributed by atoms with Crippen LogP contribution in [0.4, 0.5) is 0 Å². The first-order valence-electron chi connectivity index (χ1n) is 10.7. The molecule has 1 heterocycles. The van der Waals surface area contributed by atoms with Crippen molar-refractivity contribution in [1.82, 2.24) is 9.29 Å². The van der Waals surface area contributed by atoms with Crippen molar-refractivity contribution in [2.75, 3.05) is 14.2 Å². The fourth-order valence-corrected chi connectivity index (χ4v) is 5.29. The third kappa shape index (κ3) is 6.15. The fraction of sp³-hybridized carbons (Fsp3) is 0.320. The Morgan fingerprint density at radius 3 is 1.79 bits per heavy atom. The van der Waals surface area contributed by atoms with Crippen molar-refractivity contribution in [3.05, 3.63) is 87.7 Å². The largest absolute Gasteiger partial charge is 0.497 e. The standard InChI is InChI=1S/C25H29BrN2O5S/c1-17-23(26)13-14-24(27-17)25(29)18(2)34(30,31)28(15-19-5-9-21(32-3)10-6-19)16-20-7-11-22(33-4)12-8-20/h5-14,18,25,29H,15-16H2,1-4H3/t18-,25-/m1/s1. The number of aromatic nitrogens is 1. The Bertz CT molecular complexity index is 1150. The maximum Gasteiger partial charge on any atom is 0.220 e. The molecule has 0 amide bonds. The number of rotatable bonds is 10. The number of aliphatic hydroxyl groups excluding tert-OH is 1. The van der Waals surface area contributed by atoms with Crippen LogP contribution in [0, 0.1) is 6.92 Å². The number of hydrogen-bond acceptors (Lipinski definition) is 6. The molecule has 34 heavy (non-hydrogen) atoms. The Morgan fingerprint density at radius 1 is 0.912 bits per heavy atom. The Kier molecular flexibility index (Phi) is 8.70. The lowest BCUT2D eigenvalue weighted by Gasteiger charge is -2.28. The Hall–Kier alpha value is -2.46. The topological polar surface area (TPSA) is 89.0 Å². The fourth-order valence-electron chi connectivity index (χ4n) is 3.47. The van der Waals surface area contributed by atoms with Gasteiger partial charge in [0.15, 0.2) is 0 Å². The predicted octanol–water partition coefficient (Wildman–Crippen LogP) is 4.62. The van der Waals surface area contributed by atoms with E-state index in [-0.39, 0.29) is 13.1 Å². The molecule has 0 bridgehead atoms. The molecule has 3 aromatic rings. The van der Waals surface area contributed by atoms with Crippen LogP contribution in [0.5, 0.6) is 11.5 Å². The summed E-state index contributed by atoms with van der Waals surface area (Å²) >= 11 is 3.38. The first kappa shape index (κ1) is 26.2. The minimum Gasteiger partial charge on any atom is -0.497 e. The SMILES string of the molecule is COc1ccc(CN(Cc2ccc(OC)cc2)S(=O)(=O)[C@H](C)[C@@H](O)c2ccc(Br)c(C)n2)cc1. The molecular weight excluding hydrogens is 520 g/mol. The van der Waals surface area contributed by atoms with Gasteiger partial charge in [0.1, 0.15) is 22.9 Å². The minimum absolute atomic E-state index is 0.141. The lowest BCUT2D eigenvalue weighted by Crippen LogP contribution is -2.39. The summed E-state index contributed by atoms with van der Waals surface area (Å²) in [5.41, 5.74) is 2.59. The van der Waals surface area contributed by atoms with Crippen molar-refractivity contribution in [3.8, 4) is 11.5 Å². The van der Waals surface area contributed by atoms with E-state index >= 15 is 0 Å².